The Balaban J connectivity index is 2.51. The van der Waals surface area contributed by atoms with Crippen molar-refractivity contribution in [1.29, 1.82) is 0 Å². The largest absolute Gasteiger partial charge is 0.395 e. The number of aliphatic hydroxyl groups is 1. The highest BCUT2D eigenvalue weighted by molar-refractivity contribution is 7.09. The summed E-state index contributed by atoms with van der Waals surface area (Å²) < 4.78 is 0. The number of hydrogen-bond donors (Lipinski definition) is 1. The van der Waals surface area contributed by atoms with Crippen LogP contribution in [0.15, 0.2) is 18.0 Å². The van der Waals surface area contributed by atoms with Gasteiger partial charge in [-0.1, -0.05) is 13.0 Å². The topological polar surface area (TPSA) is 36.4 Å². The van der Waals surface area contributed by atoms with Gasteiger partial charge in [-0.25, -0.2) is 4.98 Å². The fourth-order valence-corrected chi connectivity index (χ4v) is 2.43. The molecule has 0 spiro atoms. The van der Waals surface area contributed by atoms with Crippen LogP contribution in [0, 0.1) is 0 Å². The van der Waals surface area contributed by atoms with E-state index in [2.05, 4.69) is 28.8 Å². The molecule has 0 saturated carbocycles. The van der Waals surface area contributed by atoms with E-state index in [1.807, 2.05) is 6.08 Å². The first-order chi connectivity index (χ1) is 7.80. The van der Waals surface area contributed by atoms with Gasteiger partial charge in [-0.3, -0.25) is 4.90 Å². The van der Waals surface area contributed by atoms with E-state index in [0.29, 0.717) is 6.54 Å². The van der Waals surface area contributed by atoms with Gasteiger partial charge in [0.25, 0.3) is 0 Å². The average Bonchev–Trinajstić information content (AvgIpc) is 2.67. The van der Waals surface area contributed by atoms with Crippen LogP contribution in [0.4, 0.5) is 0 Å². The molecule has 0 bridgehead atoms. The highest BCUT2D eigenvalue weighted by Gasteiger charge is 2.06. The molecular weight excluding hydrogens is 220 g/mol. The minimum absolute atomic E-state index is 0.180. The lowest BCUT2D eigenvalue weighted by molar-refractivity contribution is 0.202. The number of rotatable bonds is 8. The second kappa shape index (κ2) is 7.54. The Morgan fingerprint density at radius 3 is 3.06 bits per heavy atom. The zero-order valence-corrected chi connectivity index (χ0v) is 10.7. The van der Waals surface area contributed by atoms with Crippen molar-refractivity contribution in [3.8, 4) is 0 Å². The standard InChI is InChI=1S/C12H20N2OS/c1-3-5-12-13-11(10-16-12)9-14(6-4-2)7-8-15/h4,10,15H,2-3,5-9H2,1H3. The normalized spacial score (nSPS) is 10.9. The predicted molar refractivity (Wildman–Crippen MR) is 68.7 cm³/mol. The van der Waals surface area contributed by atoms with Crippen molar-refractivity contribution in [3.05, 3.63) is 28.7 Å². The molecule has 0 radical (unpaired) electrons. The predicted octanol–water partition coefficient (Wildman–Crippen LogP) is 2.08. The Morgan fingerprint density at radius 2 is 2.44 bits per heavy atom. The minimum Gasteiger partial charge on any atom is -0.395 e. The molecule has 1 aromatic heterocycles. The van der Waals surface area contributed by atoms with E-state index in [9.17, 15) is 0 Å². The summed E-state index contributed by atoms with van der Waals surface area (Å²) in [7, 11) is 0. The molecule has 1 heterocycles. The third-order valence-corrected chi connectivity index (χ3v) is 3.21. The maximum absolute atomic E-state index is 8.94. The number of aromatic nitrogens is 1. The Labute approximate surface area is 101 Å². The van der Waals surface area contributed by atoms with Gasteiger partial charge in [0.15, 0.2) is 0 Å². The van der Waals surface area contributed by atoms with Gasteiger partial charge in [0, 0.05) is 25.0 Å². The maximum Gasteiger partial charge on any atom is 0.0928 e. The van der Waals surface area contributed by atoms with Crippen LogP contribution >= 0.6 is 11.3 Å². The van der Waals surface area contributed by atoms with Crippen LogP contribution in [0.2, 0.25) is 0 Å². The molecule has 0 aliphatic carbocycles. The molecular formula is C12H20N2OS. The molecule has 0 aromatic carbocycles. The van der Waals surface area contributed by atoms with Gasteiger partial charge < -0.3 is 5.11 Å². The number of nitrogens with zero attached hydrogens (tertiary/aromatic N) is 2. The molecule has 16 heavy (non-hydrogen) atoms. The van der Waals surface area contributed by atoms with Crippen molar-refractivity contribution in [2.75, 3.05) is 19.7 Å². The first kappa shape index (κ1) is 13.4. The molecule has 1 N–H and O–H groups in total. The van der Waals surface area contributed by atoms with Crippen LogP contribution in [0.25, 0.3) is 0 Å². The molecule has 0 saturated heterocycles. The molecule has 90 valence electrons. The summed E-state index contributed by atoms with van der Waals surface area (Å²) in [6.45, 7) is 8.33. The number of aliphatic hydroxyl groups excluding tert-OH is 1. The Hall–Kier alpha value is -0.710. The van der Waals surface area contributed by atoms with Crippen LogP contribution in [0.3, 0.4) is 0 Å². The Morgan fingerprint density at radius 1 is 1.62 bits per heavy atom. The summed E-state index contributed by atoms with van der Waals surface area (Å²) in [6, 6.07) is 0. The third kappa shape index (κ3) is 4.43. The fraction of sp³-hybridized carbons (Fsp3) is 0.583. The first-order valence-corrected chi connectivity index (χ1v) is 6.55. The van der Waals surface area contributed by atoms with E-state index in [4.69, 9.17) is 5.11 Å². The van der Waals surface area contributed by atoms with E-state index >= 15 is 0 Å². The van der Waals surface area contributed by atoms with Crippen LogP contribution in [0.1, 0.15) is 24.0 Å². The summed E-state index contributed by atoms with van der Waals surface area (Å²) >= 11 is 1.73. The van der Waals surface area contributed by atoms with E-state index < -0.39 is 0 Å². The van der Waals surface area contributed by atoms with Crippen molar-refractivity contribution >= 4 is 11.3 Å². The quantitative estimate of drug-likeness (QED) is 0.707. The van der Waals surface area contributed by atoms with Crippen molar-refractivity contribution in [2.24, 2.45) is 0 Å². The lowest BCUT2D eigenvalue weighted by Crippen LogP contribution is -2.26. The van der Waals surface area contributed by atoms with Crippen LogP contribution in [-0.4, -0.2) is 34.7 Å². The van der Waals surface area contributed by atoms with E-state index in [0.717, 1.165) is 31.6 Å². The Bertz CT molecular complexity index is 312. The van der Waals surface area contributed by atoms with Crippen LogP contribution in [-0.2, 0) is 13.0 Å². The molecule has 1 aromatic rings. The lowest BCUT2D eigenvalue weighted by Gasteiger charge is -2.17. The Kier molecular flexibility index (Phi) is 6.30. The van der Waals surface area contributed by atoms with Gasteiger partial charge in [0.05, 0.1) is 17.3 Å². The monoisotopic (exact) mass is 240 g/mol. The van der Waals surface area contributed by atoms with Gasteiger partial charge in [0.2, 0.25) is 0 Å². The number of thiazole rings is 1. The molecule has 0 aliphatic rings. The molecule has 1 rings (SSSR count). The van der Waals surface area contributed by atoms with Gasteiger partial charge in [-0.05, 0) is 12.8 Å². The maximum atomic E-state index is 8.94. The van der Waals surface area contributed by atoms with Gasteiger partial charge >= 0.3 is 0 Å². The summed E-state index contributed by atoms with van der Waals surface area (Å²) in [5.74, 6) is 0. The number of hydrogen-bond acceptors (Lipinski definition) is 4. The molecule has 4 heteroatoms. The summed E-state index contributed by atoms with van der Waals surface area (Å²) in [5, 5.41) is 12.3. The molecule has 0 fully saturated rings. The first-order valence-electron chi connectivity index (χ1n) is 5.67. The van der Waals surface area contributed by atoms with Crippen molar-refractivity contribution in [2.45, 2.75) is 26.3 Å². The van der Waals surface area contributed by atoms with Gasteiger partial charge in [0.1, 0.15) is 0 Å². The SMILES string of the molecule is C=CCN(CCO)Cc1csc(CCC)n1. The summed E-state index contributed by atoms with van der Waals surface area (Å²) in [6.07, 6.45) is 4.06. The van der Waals surface area contributed by atoms with Crippen molar-refractivity contribution in [1.82, 2.24) is 9.88 Å². The van der Waals surface area contributed by atoms with E-state index in [1.165, 1.54) is 5.01 Å². The zero-order valence-electron chi connectivity index (χ0n) is 9.85. The highest BCUT2D eigenvalue weighted by Crippen LogP contribution is 2.13. The third-order valence-electron chi connectivity index (χ3n) is 2.25. The molecule has 3 nitrogen and oxygen atoms in total. The fourth-order valence-electron chi connectivity index (χ4n) is 1.54. The minimum atomic E-state index is 0.180. The van der Waals surface area contributed by atoms with Crippen molar-refractivity contribution < 1.29 is 5.11 Å². The summed E-state index contributed by atoms with van der Waals surface area (Å²) in [5.41, 5.74) is 1.10. The molecule has 0 unspecified atom stereocenters. The average molecular weight is 240 g/mol. The lowest BCUT2D eigenvalue weighted by atomic mass is 10.3. The molecule has 0 atom stereocenters. The van der Waals surface area contributed by atoms with Crippen molar-refractivity contribution in [3.63, 3.8) is 0 Å². The highest BCUT2D eigenvalue weighted by atomic mass is 32.1. The van der Waals surface area contributed by atoms with Crippen LogP contribution in [0.5, 0.6) is 0 Å². The molecule has 0 aliphatic heterocycles. The van der Waals surface area contributed by atoms with Crippen LogP contribution < -0.4 is 0 Å². The molecule has 0 amide bonds. The van der Waals surface area contributed by atoms with Gasteiger partial charge in [-0.15, -0.1) is 17.9 Å². The zero-order chi connectivity index (χ0) is 11.8. The number of aryl methyl sites for hydroxylation is 1. The second-order valence-electron chi connectivity index (χ2n) is 3.73. The van der Waals surface area contributed by atoms with E-state index in [-0.39, 0.29) is 6.61 Å². The van der Waals surface area contributed by atoms with E-state index in [1.54, 1.807) is 11.3 Å². The second-order valence-corrected chi connectivity index (χ2v) is 4.67. The summed E-state index contributed by atoms with van der Waals surface area (Å²) in [4.78, 5) is 6.70. The smallest absolute Gasteiger partial charge is 0.0928 e. The van der Waals surface area contributed by atoms with Gasteiger partial charge in [-0.2, -0.15) is 0 Å².